The van der Waals surface area contributed by atoms with E-state index in [2.05, 4.69) is 40.2 Å². The van der Waals surface area contributed by atoms with E-state index in [1.807, 2.05) is 31.2 Å². The predicted octanol–water partition coefficient (Wildman–Crippen LogP) is 5.44. The van der Waals surface area contributed by atoms with Crippen LogP contribution in [0.3, 0.4) is 0 Å². The van der Waals surface area contributed by atoms with Gasteiger partial charge in [0, 0.05) is 28.2 Å². The molecule has 2 atom stereocenters. The summed E-state index contributed by atoms with van der Waals surface area (Å²) in [4.78, 5) is 0. The molecule has 0 aliphatic heterocycles. The molecule has 0 saturated heterocycles. The van der Waals surface area contributed by atoms with Gasteiger partial charge in [0.1, 0.15) is 4.75 Å². The van der Waals surface area contributed by atoms with Crippen LogP contribution in [0.4, 0.5) is 0 Å². The fraction of sp³-hybridized carbons (Fsp3) is 0.364. The van der Waals surface area contributed by atoms with Gasteiger partial charge in [-0.2, -0.15) is 0 Å². The van der Waals surface area contributed by atoms with E-state index in [1.54, 1.807) is 24.5 Å². The smallest absolute Gasteiger partial charge is 0.248 e. The van der Waals surface area contributed by atoms with Gasteiger partial charge in [0.05, 0.1) is 0 Å². The Morgan fingerprint density at radius 3 is 2.37 bits per heavy atom. The standard InChI is InChI=1S/C22H24BrNO2S/c1-21(27(25,26)24-16-8-9-17-24)13-5-4-12-20(21)22(14-6-7-15-22)18-10-2-3-11-19(18)23/h2-5,8-13,16-17,20H,6-7,14-15H2,1H3. The summed E-state index contributed by atoms with van der Waals surface area (Å²) in [5, 5.41) is 0. The first-order valence-corrected chi connectivity index (χ1v) is 11.6. The minimum Gasteiger partial charge on any atom is -0.252 e. The molecule has 2 unspecified atom stereocenters. The molecule has 1 aromatic carbocycles. The van der Waals surface area contributed by atoms with Crippen LogP contribution in [0.1, 0.15) is 38.2 Å². The van der Waals surface area contributed by atoms with Gasteiger partial charge in [-0.3, -0.25) is 3.97 Å². The lowest BCUT2D eigenvalue weighted by Crippen LogP contribution is -2.52. The van der Waals surface area contributed by atoms with Gasteiger partial charge in [0.25, 0.3) is 0 Å². The summed E-state index contributed by atoms with van der Waals surface area (Å²) in [5.41, 5.74) is 1.03. The minimum atomic E-state index is -3.60. The lowest BCUT2D eigenvalue weighted by Gasteiger charge is -2.46. The van der Waals surface area contributed by atoms with Crippen LogP contribution in [-0.2, 0) is 15.4 Å². The van der Waals surface area contributed by atoms with Crippen molar-refractivity contribution >= 4 is 26.0 Å². The molecule has 3 nitrogen and oxygen atoms in total. The van der Waals surface area contributed by atoms with Gasteiger partial charge < -0.3 is 0 Å². The molecule has 2 aliphatic rings. The van der Waals surface area contributed by atoms with E-state index in [1.165, 1.54) is 9.54 Å². The van der Waals surface area contributed by atoms with Gasteiger partial charge >= 0.3 is 0 Å². The topological polar surface area (TPSA) is 39.1 Å². The summed E-state index contributed by atoms with van der Waals surface area (Å²) in [6.07, 6.45) is 15.4. The summed E-state index contributed by atoms with van der Waals surface area (Å²) >= 11 is 3.74. The van der Waals surface area contributed by atoms with Crippen molar-refractivity contribution in [1.29, 1.82) is 0 Å². The molecular formula is C22H24BrNO2S. The molecule has 1 saturated carbocycles. The van der Waals surface area contributed by atoms with E-state index in [0.717, 1.165) is 30.2 Å². The maximum Gasteiger partial charge on any atom is 0.248 e. The normalized spacial score (nSPS) is 27.1. The second kappa shape index (κ2) is 6.78. The average Bonchev–Trinajstić information content (AvgIpc) is 3.35. The van der Waals surface area contributed by atoms with E-state index in [-0.39, 0.29) is 11.3 Å². The summed E-state index contributed by atoms with van der Waals surface area (Å²) in [7, 11) is -3.60. The van der Waals surface area contributed by atoms with Crippen LogP contribution in [-0.4, -0.2) is 17.1 Å². The molecule has 0 bridgehead atoms. The Balaban J connectivity index is 1.91. The molecule has 142 valence electrons. The van der Waals surface area contributed by atoms with Crippen molar-refractivity contribution in [1.82, 2.24) is 3.97 Å². The number of benzene rings is 1. The highest BCUT2D eigenvalue weighted by molar-refractivity contribution is 9.10. The molecule has 1 aromatic heterocycles. The zero-order valence-electron chi connectivity index (χ0n) is 15.4. The van der Waals surface area contributed by atoms with E-state index >= 15 is 0 Å². The average molecular weight is 446 g/mol. The zero-order chi connectivity index (χ0) is 19.1. The van der Waals surface area contributed by atoms with Gasteiger partial charge in [-0.15, -0.1) is 0 Å². The Labute approximate surface area is 170 Å². The third-order valence-electron chi connectivity index (χ3n) is 6.37. The van der Waals surface area contributed by atoms with Gasteiger partial charge in [-0.25, -0.2) is 8.42 Å². The van der Waals surface area contributed by atoms with Crippen molar-refractivity contribution in [3.05, 3.63) is 83.1 Å². The van der Waals surface area contributed by atoms with Crippen LogP contribution in [0.15, 0.2) is 77.6 Å². The van der Waals surface area contributed by atoms with Crippen molar-refractivity contribution in [2.45, 2.75) is 42.8 Å². The first-order chi connectivity index (χ1) is 12.9. The van der Waals surface area contributed by atoms with Crippen LogP contribution in [0.2, 0.25) is 0 Å². The highest BCUT2D eigenvalue weighted by atomic mass is 79.9. The van der Waals surface area contributed by atoms with Crippen molar-refractivity contribution in [2.75, 3.05) is 0 Å². The van der Waals surface area contributed by atoms with Crippen molar-refractivity contribution in [3.63, 3.8) is 0 Å². The maximum absolute atomic E-state index is 13.7. The number of allylic oxidation sites excluding steroid dienone is 3. The van der Waals surface area contributed by atoms with Crippen LogP contribution in [0, 0.1) is 5.92 Å². The summed E-state index contributed by atoms with van der Waals surface area (Å²) in [6, 6.07) is 11.8. The summed E-state index contributed by atoms with van der Waals surface area (Å²) in [5.74, 6) is -0.136. The van der Waals surface area contributed by atoms with E-state index in [9.17, 15) is 8.42 Å². The Bertz CT molecular complexity index is 985. The molecule has 2 aliphatic carbocycles. The third-order valence-corrected chi connectivity index (χ3v) is 9.36. The van der Waals surface area contributed by atoms with Gasteiger partial charge in [-0.1, -0.05) is 71.3 Å². The lowest BCUT2D eigenvalue weighted by molar-refractivity contribution is 0.280. The minimum absolute atomic E-state index is 0.136. The van der Waals surface area contributed by atoms with Gasteiger partial charge in [-0.05, 0) is 43.5 Å². The quantitative estimate of drug-likeness (QED) is 0.627. The van der Waals surface area contributed by atoms with Crippen LogP contribution < -0.4 is 0 Å². The molecule has 27 heavy (non-hydrogen) atoms. The maximum atomic E-state index is 13.7. The number of hydrogen-bond donors (Lipinski definition) is 0. The van der Waals surface area contributed by atoms with Crippen molar-refractivity contribution < 1.29 is 8.42 Å². The van der Waals surface area contributed by atoms with E-state index in [4.69, 9.17) is 0 Å². The van der Waals surface area contributed by atoms with Crippen LogP contribution in [0.25, 0.3) is 0 Å². The predicted molar refractivity (Wildman–Crippen MR) is 113 cm³/mol. The van der Waals surface area contributed by atoms with Crippen LogP contribution in [0.5, 0.6) is 0 Å². The molecule has 2 aromatic rings. The Morgan fingerprint density at radius 1 is 1.04 bits per heavy atom. The molecule has 0 N–H and O–H groups in total. The second-order valence-electron chi connectivity index (χ2n) is 7.77. The Morgan fingerprint density at radius 2 is 1.70 bits per heavy atom. The number of halogens is 1. The SMILES string of the molecule is CC1(S(=O)(=O)n2cccc2)C=CC=CC1C1(c2ccccc2Br)CCCC1. The molecule has 0 amide bonds. The molecular weight excluding hydrogens is 422 g/mol. The Hall–Kier alpha value is -1.59. The van der Waals surface area contributed by atoms with E-state index < -0.39 is 14.8 Å². The zero-order valence-corrected chi connectivity index (χ0v) is 17.8. The van der Waals surface area contributed by atoms with Crippen molar-refractivity contribution in [2.24, 2.45) is 5.92 Å². The van der Waals surface area contributed by atoms with E-state index in [0.29, 0.717) is 0 Å². The molecule has 4 rings (SSSR count). The number of nitrogens with zero attached hydrogens (tertiary/aromatic N) is 1. The number of aromatic nitrogens is 1. The fourth-order valence-corrected chi connectivity index (χ4v) is 7.49. The fourth-order valence-electron chi connectivity index (χ4n) is 5.02. The van der Waals surface area contributed by atoms with Crippen molar-refractivity contribution in [3.8, 4) is 0 Å². The number of rotatable bonds is 4. The Kier molecular flexibility index (Phi) is 4.71. The summed E-state index contributed by atoms with van der Waals surface area (Å²) in [6.45, 7) is 1.88. The lowest BCUT2D eigenvalue weighted by atomic mass is 9.63. The third kappa shape index (κ3) is 2.78. The first kappa shape index (κ1) is 18.8. The largest absolute Gasteiger partial charge is 0.252 e. The molecule has 5 heteroatoms. The number of hydrogen-bond acceptors (Lipinski definition) is 2. The monoisotopic (exact) mass is 445 g/mol. The molecule has 0 spiro atoms. The second-order valence-corrected chi connectivity index (χ2v) is 10.9. The molecule has 1 heterocycles. The molecule has 1 fully saturated rings. The highest BCUT2D eigenvalue weighted by Crippen LogP contribution is 2.55. The van der Waals surface area contributed by atoms with Gasteiger partial charge in [0.2, 0.25) is 10.0 Å². The first-order valence-electron chi connectivity index (χ1n) is 9.41. The van der Waals surface area contributed by atoms with Crippen LogP contribution >= 0.6 is 15.9 Å². The summed E-state index contributed by atoms with van der Waals surface area (Å²) < 4.78 is 28.7. The molecule has 0 radical (unpaired) electrons. The van der Waals surface area contributed by atoms with Gasteiger partial charge in [0.15, 0.2) is 0 Å². The highest BCUT2D eigenvalue weighted by Gasteiger charge is 2.55.